The standard InChI is InChI=1S/C26H16N2O5S3/c29-23-20(12-16-13-35-14-21(16)19-10-11-36-26(19)28(31)32)24(30)27-25(34)22(23)15-6-8-18(9-7-15)33-17-4-2-1-3-5-17/h1-14,22H,(H,27,30,34). The molecule has 0 bridgehead atoms. The van der Waals surface area contributed by atoms with Crippen molar-refractivity contribution in [2.24, 2.45) is 0 Å². The number of hydrogen-bond acceptors (Lipinski definition) is 8. The predicted octanol–water partition coefficient (Wildman–Crippen LogP) is 6.37. The number of carbonyl (C=O) groups excluding carboxylic acids is 2. The molecule has 0 aliphatic carbocycles. The van der Waals surface area contributed by atoms with E-state index in [4.69, 9.17) is 17.0 Å². The lowest BCUT2D eigenvalue weighted by atomic mass is 9.86. The third kappa shape index (κ3) is 4.61. The number of thiophene rings is 2. The molecule has 3 heterocycles. The van der Waals surface area contributed by atoms with Crippen LogP contribution >= 0.6 is 34.9 Å². The summed E-state index contributed by atoms with van der Waals surface area (Å²) in [6, 6.07) is 17.9. The zero-order chi connectivity index (χ0) is 25.2. The number of para-hydroxylation sites is 1. The van der Waals surface area contributed by atoms with Crippen LogP contribution < -0.4 is 10.1 Å². The van der Waals surface area contributed by atoms with Crippen LogP contribution in [-0.4, -0.2) is 21.6 Å². The summed E-state index contributed by atoms with van der Waals surface area (Å²) in [5.74, 6) is -0.587. The molecule has 0 spiro atoms. The minimum absolute atomic E-state index is 0.00402. The van der Waals surface area contributed by atoms with Crippen LogP contribution in [0.15, 0.2) is 82.4 Å². The molecule has 1 atom stereocenters. The lowest BCUT2D eigenvalue weighted by Gasteiger charge is -2.25. The van der Waals surface area contributed by atoms with Gasteiger partial charge in [0.1, 0.15) is 11.5 Å². The average molecular weight is 533 g/mol. The number of Topliss-reactive ketones (excluding diaryl/α,β-unsaturated/α-hetero) is 1. The summed E-state index contributed by atoms with van der Waals surface area (Å²) in [5.41, 5.74) is 2.15. The number of amides is 1. The minimum atomic E-state index is -0.840. The van der Waals surface area contributed by atoms with Crippen LogP contribution in [0.3, 0.4) is 0 Å². The van der Waals surface area contributed by atoms with Crippen molar-refractivity contribution >= 4 is 62.6 Å². The minimum Gasteiger partial charge on any atom is -0.457 e. The maximum Gasteiger partial charge on any atom is 0.331 e. The number of ether oxygens (including phenoxy) is 1. The Bertz CT molecular complexity index is 1520. The van der Waals surface area contributed by atoms with Crippen LogP contribution in [0.2, 0.25) is 0 Å². The monoisotopic (exact) mass is 532 g/mol. The van der Waals surface area contributed by atoms with E-state index in [1.165, 1.54) is 17.4 Å². The molecule has 0 radical (unpaired) electrons. The number of carbonyl (C=O) groups is 2. The number of hydrogen-bond donors (Lipinski definition) is 1. The van der Waals surface area contributed by atoms with Crippen molar-refractivity contribution < 1.29 is 19.2 Å². The smallest absolute Gasteiger partial charge is 0.331 e. The van der Waals surface area contributed by atoms with Gasteiger partial charge in [-0.2, -0.15) is 11.3 Å². The first-order valence-electron chi connectivity index (χ1n) is 10.6. The number of rotatable bonds is 6. The predicted molar refractivity (Wildman–Crippen MR) is 144 cm³/mol. The van der Waals surface area contributed by atoms with Crippen LogP contribution in [0.5, 0.6) is 11.5 Å². The Kier molecular flexibility index (Phi) is 6.55. The van der Waals surface area contributed by atoms with Gasteiger partial charge in [0.15, 0.2) is 5.78 Å². The molecule has 7 nitrogen and oxygen atoms in total. The van der Waals surface area contributed by atoms with Crippen molar-refractivity contribution in [3.63, 3.8) is 0 Å². The molecular weight excluding hydrogens is 516 g/mol. The Morgan fingerprint density at radius 2 is 1.69 bits per heavy atom. The summed E-state index contributed by atoms with van der Waals surface area (Å²) in [6.45, 7) is 0. The van der Waals surface area contributed by atoms with Gasteiger partial charge in [-0.3, -0.25) is 19.7 Å². The second-order valence-corrected chi connectivity index (χ2v) is 9.87. The number of benzene rings is 2. The normalized spacial score (nSPS) is 16.7. The van der Waals surface area contributed by atoms with E-state index in [1.807, 2.05) is 30.3 Å². The molecule has 10 heteroatoms. The van der Waals surface area contributed by atoms with E-state index >= 15 is 0 Å². The van der Waals surface area contributed by atoms with Crippen molar-refractivity contribution in [3.8, 4) is 22.6 Å². The SMILES string of the molecule is O=C1NC(=S)C(c2ccc(Oc3ccccc3)cc2)C(=O)C1=Cc1cscc1-c1ccsc1[N+](=O)[O-]. The zero-order valence-electron chi connectivity index (χ0n) is 18.4. The van der Waals surface area contributed by atoms with E-state index in [1.54, 1.807) is 46.5 Å². The highest BCUT2D eigenvalue weighted by Gasteiger charge is 2.37. The van der Waals surface area contributed by atoms with Gasteiger partial charge < -0.3 is 10.1 Å². The van der Waals surface area contributed by atoms with E-state index in [-0.39, 0.29) is 15.6 Å². The summed E-state index contributed by atoms with van der Waals surface area (Å²) < 4.78 is 5.81. The molecule has 1 aliphatic heterocycles. The molecule has 36 heavy (non-hydrogen) atoms. The highest BCUT2D eigenvalue weighted by molar-refractivity contribution is 7.80. The molecule has 0 saturated carbocycles. The van der Waals surface area contributed by atoms with Gasteiger partial charge in [-0.1, -0.05) is 53.9 Å². The van der Waals surface area contributed by atoms with E-state index in [0.717, 1.165) is 11.3 Å². The Hall–Kier alpha value is -3.99. The molecule has 1 amide bonds. The summed E-state index contributed by atoms with van der Waals surface area (Å²) in [4.78, 5) is 37.3. The second kappa shape index (κ2) is 9.94. The lowest BCUT2D eigenvalue weighted by Crippen LogP contribution is -2.45. The van der Waals surface area contributed by atoms with E-state index in [0.29, 0.717) is 33.8 Å². The second-order valence-electron chi connectivity index (χ2n) is 7.80. The Morgan fingerprint density at radius 1 is 0.972 bits per heavy atom. The van der Waals surface area contributed by atoms with Crippen molar-refractivity contribution in [1.82, 2.24) is 5.32 Å². The average Bonchev–Trinajstić information content (AvgIpc) is 3.53. The summed E-state index contributed by atoms with van der Waals surface area (Å²) in [5, 5.41) is 19.2. The number of nitrogens with zero attached hydrogens (tertiary/aromatic N) is 1. The van der Waals surface area contributed by atoms with Gasteiger partial charge >= 0.3 is 5.00 Å². The van der Waals surface area contributed by atoms with Crippen molar-refractivity contribution in [2.75, 3.05) is 0 Å². The molecule has 5 rings (SSSR count). The summed E-state index contributed by atoms with van der Waals surface area (Å²) in [7, 11) is 0. The van der Waals surface area contributed by atoms with E-state index < -0.39 is 22.5 Å². The van der Waals surface area contributed by atoms with Crippen molar-refractivity contribution in [2.45, 2.75) is 5.92 Å². The van der Waals surface area contributed by atoms with E-state index in [2.05, 4.69) is 5.32 Å². The molecule has 2 aromatic carbocycles. The fourth-order valence-corrected chi connectivity index (χ4v) is 5.74. The van der Waals surface area contributed by atoms with Gasteiger partial charge in [-0.05, 0) is 63.7 Å². The van der Waals surface area contributed by atoms with Gasteiger partial charge in [0.05, 0.1) is 27.0 Å². The molecule has 1 unspecified atom stereocenters. The molecule has 1 aliphatic rings. The van der Waals surface area contributed by atoms with Gasteiger partial charge in [0, 0.05) is 5.56 Å². The van der Waals surface area contributed by atoms with Crippen molar-refractivity contribution in [1.29, 1.82) is 0 Å². The summed E-state index contributed by atoms with van der Waals surface area (Å²) >= 11 is 7.71. The number of thiocarbonyl (C=S) groups is 1. The number of ketones is 1. The first-order chi connectivity index (χ1) is 17.4. The molecule has 1 saturated heterocycles. The Labute approximate surface area is 218 Å². The van der Waals surface area contributed by atoms with Gasteiger partial charge in [0.25, 0.3) is 5.91 Å². The first-order valence-corrected chi connectivity index (χ1v) is 12.9. The highest BCUT2D eigenvalue weighted by Crippen LogP contribution is 2.39. The number of piperidine rings is 1. The molecule has 1 N–H and O–H groups in total. The Morgan fingerprint density at radius 3 is 2.42 bits per heavy atom. The van der Waals surface area contributed by atoms with E-state index in [9.17, 15) is 19.7 Å². The highest BCUT2D eigenvalue weighted by atomic mass is 32.1. The molecule has 1 fully saturated rings. The number of nitrogens with one attached hydrogen (secondary N) is 1. The molecule has 2 aromatic heterocycles. The van der Waals surface area contributed by atoms with Crippen LogP contribution in [-0.2, 0) is 9.59 Å². The summed E-state index contributed by atoms with van der Waals surface area (Å²) in [6.07, 6.45) is 1.48. The quantitative estimate of drug-likeness (QED) is 0.102. The molecule has 4 aromatic rings. The van der Waals surface area contributed by atoms with Crippen LogP contribution in [0, 0.1) is 10.1 Å². The molecular formula is C26H16N2O5S3. The fraction of sp³-hybridized carbons (Fsp3) is 0.0385. The zero-order valence-corrected chi connectivity index (χ0v) is 20.8. The van der Waals surface area contributed by atoms with Crippen molar-refractivity contribution in [3.05, 3.63) is 104 Å². The van der Waals surface area contributed by atoms with Crippen LogP contribution in [0.25, 0.3) is 17.2 Å². The van der Waals surface area contributed by atoms with Gasteiger partial charge in [-0.15, -0.1) is 0 Å². The fourth-order valence-electron chi connectivity index (χ4n) is 3.87. The third-order valence-corrected chi connectivity index (χ3v) is 7.52. The molecule has 178 valence electrons. The van der Waals surface area contributed by atoms with Gasteiger partial charge in [-0.25, -0.2) is 0 Å². The maximum absolute atomic E-state index is 13.5. The first kappa shape index (κ1) is 23.7. The van der Waals surface area contributed by atoms with Crippen LogP contribution in [0.1, 0.15) is 17.0 Å². The lowest BCUT2D eigenvalue weighted by molar-refractivity contribution is -0.379. The topological polar surface area (TPSA) is 98.5 Å². The maximum atomic E-state index is 13.5. The number of nitro groups is 1. The Balaban J connectivity index is 1.45. The van der Waals surface area contributed by atoms with Crippen LogP contribution in [0.4, 0.5) is 5.00 Å². The third-order valence-electron chi connectivity index (χ3n) is 5.56. The van der Waals surface area contributed by atoms with Gasteiger partial charge in [0.2, 0.25) is 0 Å². The largest absolute Gasteiger partial charge is 0.457 e.